The number of amides is 1. The van der Waals surface area contributed by atoms with Gasteiger partial charge in [-0.05, 0) is 38.1 Å². The van der Waals surface area contributed by atoms with Gasteiger partial charge in [-0.15, -0.1) is 0 Å². The van der Waals surface area contributed by atoms with Gasteiger partial charge in [-0.2, -0.15) is 19.3 Å². The molecule has 3 aromatic heterocycles. The van der Waals surface area contributed by atoms with Crippen molar-refractivity contribution in [3.05, 3.63) is 127 Å². The van der Waals surface area contributed by atoms with Crippen LogP contribution in [0.2, 0.25) is 0 Å². The maximum absolute atomic E-state index is 12.3. The first-order valence-corrected chi connectivity index (χ1v) is 17.4. The molecule has 0 radical (unpaired) electrons. The van der Waals surface area contributed by atoms with E-state index < -0.39 is 16.7 Å². The van der Waals surface area contributed by atoms with Gasteiger partial charge in [0.15, 0.2) is 0 Å². The molecule has 1 amide bonds. The molecular formula is C36H52N8O8. The first kappa shape index (κ1) is 41.4. The van der Waals surface area contributed by atoms with E-state index in [1.54, 1.807) is 54.6 Å². The lowest BCUT2D eigenvalue weighted by atomic mass is 10.2. The Labute approximate surface area is 303 Å². The summed E-state index contributed by atoms with van der Waals surface area (Å²) in [6.07, 6.45) is 5.47. The van der Waals surface area contributed by atoms with Crippen molar-refractivity contribution in [2.24, 2.45) is 0 Å². The highest BCUT2D eigenvalue weighted by molar-refractivity contribution is 5.49. The average molecular weight is 725 g/mol. The Morgan fingerprint density at radius 1 is 0.712 bits per heavy atom. The number of nitrogens with zero attached hydrogens (tertiary/aromatic N) is 8. The van der Waals surface area contributed by atoms with Crippen molar-refractivity contribution >= 4 is 6.41 Å². The van der Waals surface area contributed by atoms with Gasteiger partial charge in [0.05, 0.1) is 22.8 Å². The molecule has 16 heteroatoms. The van der Waals surface area contributed by atoms with Gasteiger partial charge >= 0.3 is 0 Å². The molecule has 0 aromatic carbocycles. The summed E-state index contributed by atoms with van der Waals surface area (Å²) in [6.45, 7) is 11.9. The minimum atomic E-state index is -0.555. The van der Waals surface area contributed by atoms with E-state index in [1.165, 1.54) is 18.2 Å². The van der Waals surface area contributed by atoms with Crippen molar-refractivity contribution in [3.63, 3.8) is 0 Å². The van der Waals surface area contributed by atoms with Crippen LogP contribution in [0.3, 0.4) is 0 Å². The number of hydrogen-bond acceptors (Lipinski definition) is 12. The first-order chi connectivity index (χ1) is 25.0. The molecule has 0 aliphatic carbocycles. The lowest BCUT2D eigenvalue weighted by Crippen LogP contribution is -2.50. The van der Waals surface area contributed by atoms with Gasteiger partial charge in [-0.25, -0.2) is 0 Å². The molecule has 16 nitrogen and oxygen atoms in total. The third-order valence-corrected chi connectivity index (χ3v) is 8.74. The van der Waals surface area contributed by atoms with E-state index in [2.05, 4.69) is 19.6 Å². The summed E-state index contributed by atoms with van der Waals surface area (Å²) in [5.41, 5.74) is -0.140. The van der Waals surface area contributed by atoms with Crippen LogP contribution in [0, 0.1) is 0 Å². The van der Waals surface area contributed by atoms with E-state index in [0.29, 0.717) is 94.3 Å². The van der Waals surface area contributed by atoms with E-state index in [1.807, 2.05) is 27.7 Å². The molecule has 0 spiro atoms. The molecule has 1 saturated heterocycles. The van der Waals surface area contributed by atoms with Crippen molar-refractivity contribution in [1.29, 1.82) is 0 Å². The molecule has 4 N–H and O–H groups in total. The fourth-order valence-corrected chi connectivity index (χ4v) is 5.86. The number of aromatic nitrogens is 3. The zero-order valence-corrected chi connectivity index (χ0v) is 30.4. The Kier molecular flexibility index (Phi) is 16.5. The highest BCUT2D eigenvalue weighted by Gasteiger charge is 2.24. The zero-order valence-electron chi connectivity index (χ0n) is 30.4. The number of rotatable bonds is 11. The lowest BCUT2D eigenvalue weighted by molar-refractivity contribution is -0.142. The van der Waals surface area contributed by atoms with E-state index in [9.17, 15) is 40.0 Å². The maximum Gasteiger partial charge on any atom is 0.283 e. The molecule has 4 rings (SSSR count). The van der Waals surface area contributed by atoms with Gasteiger partial charge in [0.25, 0.3) is 16.7 Å². The van der Waals surface area contributed by atoms with Crippen LogP contribution in [0.15, 0.2) is 92.9 Å². The van der Waals surface area contributed by atoms with Crippen LogP contribution in [-0.2, 0) is 24.4 Å². The van der Waals surface area contributed by atoms with Gasteiger partial charge in [0, 0.05) is 96.2 Å². The molecular weight excluding hydrogens is 672 g/mol. The molecule has 3 aromatic rings. The number of hydrogen-bond donors (Lipinski definition) is 4. The van der Waals surface area contributed by atoms with Crippen LogP contribution in [0.5, 0.6) is 0 Å². The van der Waals surface area contributed by atoms with Crippen molar-refractivity contribution < 1.29 is 25.6 Å². The Morgan fingerprint density at radius 2 is 1.15 bits per heavy atom. The summed E-state index contributed by atoms with van der Waals surface area (Å²) in [7, 11) is 0. The maximum atomic E-state index is 12.3. The fraction of sp³-hybridized carbons (Fsp3) is 0.444. The fourth-order valence-electron chi connectivity index (χ4n) is 5.86. The molecule has 0 bridgehead atoms. The zero-order chi connectivity index (χ0) is 38.2. The Balaban J connectivity index is 0.00000358. The molecule has 1 aliphatic heterocycles. The van der Waals surface area contributed by atoms with Crippen molar-refractivity contribution in [2.75, 3.05) is 52.4 Å². The molecule has 1 unspecified atom stereocenters. The minimum Gasteiger partial charge on any atom is -0.425 e. The number of allylic oxidation sites excluding steroid dienone is 3. The highest BCUT2D eigenvalue weighted by atomic mass is 16.5. The molecule has 1 atom stereocenters. The molecule has 0 saturated carbocycles. The number of carbonyl (C=O) groups excluding carboxylic acids is 1. The van der Waals surface area contributed by atoms with E-state index in [0.717, 1.165) is 0 Å². The third kappa shape index (κ3) is 11.8. The summed E-state index contributed by atoms with van der Waals surface area (Å²) in [4.78, 5) is 56.6. The monoisotopic (exact) mass is 724 g/mol. The summed E-state index contributed by atoms with van der Waals surface area (Å²) in [5, 5.41) is 42.4. The predicted octanol–water partition coefficient (Wildman–Crippen LogP) is 1.73. The Bertz CT molecular complexity index is 1820. The second kappa shape index (κ2) is 20.8. The molecule has 4 heterocycles. The average Bonchev–Trinajstić information content (AvgIpc) is 3.14. The Morgan fingerprint density at radius 3 is 1.65 bits per heavy atom. The molecule has 52 heavy (non-hydrogen) atoms. The van der Waals surface area contributed by atoms with Gasteiger partial charge < -0.3 is 15.6 Å². The summed E-state index contributed by atoms with van der Waals surface area (Å²) >= 11 is 0. The summed E-state index contributed by atoms with van der Waals surface area (Å²) in [5.74, 6) is 0. The standard InChI is InChI=1S/C34H46N8O8.C2H6/c1-3-4-8-28(39(47)26-43)22-36-16-15-35(23-29-9-5-12-32(44)40(29)48)17-18-37(24-30-10-6-13-33(45)41(30)49)21-27(2)38(20-19-36)25-31-11-7-14-34(46)42(31)50;1-2/h3-14,26-27,47-50H,15-25H2,1-2H3;1-2H3/b4-3-,28-8-;. The van der Waals surface area contributed by atoms with Gasteiger partial charge in [-0.3, -0.25) is 44.0 Å². The van der Waals surface area contributed by atoms with Crippen molar-refractivity contribution in [1.82, 2.24) is 38.9 Å². The number of carbonyl (C=O) groups is 1. The first-order valence-electron chi connectivity index (χ1n) is 17.4. The summed E-state index contributed by atoms with van der Waals surface area (Å²) in [6, 6.07) is 13.4. The second-order valence-corrected chi connectivity index (χ2v) is 12.2. The van der Waals surface area contributed by atoms with Crippen LogP contribution >= 0.6 is 0 Å². The van der Waals surface area contributed by atoms with Crippen LogP contribution in [0.4, 0.5) is 0 Å². The van der Waals surface area contributed by atoms with Gasteiger partial charge in [0.2, 0.25) is 6.41 Å². The van der Waals surface area contributed by atoms with Gasteiger partial charge in [-0.1, -0.05) is 44.2 Å². The normalized spacial score (nSPS) is 17.6. The summed E-state index contributed by atoms with van der Waals surface area (Å²) < 4.78 is 1.87. The van der Waals surface area contributed by atoms with E-state index >= 15 is 0 Å². The SMILES string of the molecule is C/C=C\C=C(\CN1CCN(Cc2cccc(=O)n2O)CCN(Cc2cccc(=O)n2O)CC(C)N(Cc2cccc(=O)n2O)CC1)N(O)C=O.CC. The second-order valence-electron chi connectivity index (χ2n) is 12.2. The molecule has 284 valence electrons. The smallest absolute Gasteiger partial charge is 0.283 e. The van der Waals surface area contributed by atoms with Crippen LogP contribution in [-0.4, -0.2) is 124 Å². The molecule has 1 aliphatic rings. The highest BCUT2D eigenvalue weighted by Crippen LogP contribution is 2.14. The van der Waals surface area contributed by atoms with Gasteiger partial charge in [0.1, 0.15) is 0 Å². The molecule has 1 fully saturated rings. The third-order valence-electron chi connectivity index (χ3n) is 8.74. The number of hydroxylamine groups is 2. The van der Waals surface area contributed by atoms with E-state index in [-0.39, 0.29) is 32.2 Å². The lowest BCUT2D eigenvalue weighted by Gasteiger charge is -2.38. The van der Waals surface area contributed by atoms with Crippen LogP contribution in [0.25, 0.3) is 0 Å². The Hall–Kier alpha value is -5.00. The van der Waals surface area contributed by atoms with E-state index in [4.69, 9.17) is 0 Å². The van der Waals surface area contributed by atoms with Crippen molar-refractivity contribution in [3.8, 4) is 0 Å². The van der Waals surface area contributed by atoms with Crippen molar-refractivity contribution in [2.45, 2.75) is 53.4 Å². The topological polar surface area (TPSA) is 180 Å². The minimum absolute atomic E-state index is 0.179. The largest absolute Gasteiger partial charge is 0.425 e. The predicted molar refractivity (Wildman–Crippen MR) is 194 cm³/mol. The van der Waals surface area contributed by atoms with Crippen LogP contribution in [0.1, 0.15) is 44.8 Å². The van der Waals surface area contributed by atoms with Crippen LogP contribution < -0.4 is 16.7 Å². The quantitative estimate of drug-likeness (QED) is 0.0741. The number of pyridine rings is 3.